The molecule has 0 saturated carbocycles. The molecule has 6 heteroatoms. The standard InChI is InChI=1S/C13H15ClN2O2S/c1-10-15-16-13(18-10)9-19-7-3-6-17-12-5-2-4-11(14)8-12/h2,4-5,8H,3,6-7,9H2,1H3. The van der Waals surface area contributed by atoms with Gasteiger partial charge in [0.1, 0.15) is 5.75 Å². The van der Waals surface area contributed by atoms with Gasteiger partial charge in [0, 0.05) is 11.9 Å². The lowest BCUT2D eigenvalue weighted by Gasteiger charge is -2.05. The summed E-state index contributed by atoms with van der Waals surface area (Å²) in [5.41, 5.74) is 0. The molecule has 0 spiro atoms. The first kappa shape index (κ1) is 14.2. The van der Waals surface area contributed by atoms with Gasteiger partial charge in [-0.15, -0.1) is 10.2 Å². The highest BCUT2D eigenvalue weighted by atomic mass is 35.5. The highest BCUT2D eigenvalue weighted by Crippen LogP contribution is 2.17. The molecule has 0 aliphatic heterocycles. The number of thioether (sulfide) groups is 1. The Morgan fingerprint density at radius 3 is 3.00 bits per heavy atom. The van der Waals surface area contributed by atoms with Crippen LogP contribution in [0.15, 0.2) is 28.7 Å². The van der Waals surface area contributed by atoms with Gasteiger partial charge in [0.15, 0.2) is 0 Å². The predicted molar refractivity (Wildman–Crippen MR) is 76.8 cm³/mol. The summed E-state index contributed by atoms with van der Waals surface area (Å²) in [5, 5.41) is 8.41. The molecule has 0 atom stereocenters. The van der Waals surface area contributed by atoms with Gasteiger partial charge < -0.3 is 9.15 Å². The molecule has 0 aliphatic rings. The average molecular weight is 299 g/mol. The van der Waals surface area contributed by atoms with Crippen molar-refractivity contribution >= 4 is 23.4 Å². The van der Waals surface area contributed by atoms with Crippen LogP contribution in [-0.4, -0.2) is 22.6 Å². The number of aryl methyl sites for hydroxylation is 1. The summed E-state index contributed by atoms with van der Waals surface area (Å²) >= 11 is 7.63. The number of benzene rings is 1. The fraction of sp³-hybridized carbons (Fsp3) is 0.385. The number of aromatic nitrogens is 2. The molecular weight excluding hydrogens is 284 g/mol. The first-order valence-corrected chi connectivity index (χ1v) is 7.52. The smallest absolute Gasteiger partial charge is 0.226 e. The van der Waals surface area contributed by atoms with Crippen LogP contribution in [-0.2, 0) is 5.75 Å². The molecule has 0 bridgehead atoms. The molecule has 0 aliphatic carbocycles. The highest BCUT2D eigenvalue weighted by Gasteiger charge is 2.01. The lowest BCUT2D eigenvalue weighted by atomic mass is 10.3. The molecule has 2 aromatic rings. The summed E-state index contributed by atoms with van der Waals surface area (Å²) in [7, 11) is 0. The molecule has 0 fully saturated rings. The third-order valence-electron chi connectivity index (χ3n) is 2.29. The molecule has 0 unspecified atom stereocenters. The van der Waals surface area contributed by atoms with Crippen molar-refractivity contribution in [2.75, 3.05) is 12.4 Å². The van der Waals surface area contributed by atoms with Gasteiger partial charge in [-0.05, 0) is 30.4 Å². The van der Waals surface area contributed by atoms with Crippen LogP contribution in [0.1, 0.15) is 18.2 Å². The molecule has 19 heavy (non-hydrogen) atoms. The fourth-order valence-electron chi connectivity index (χ4n) is 1.46. The van der Waals surface area contributed by atoms with Gasteiger partial charge in [0.25, 0.3) is 0 Å². The minimum absolute atomic E-state index is 0.611. The molecule has 1 aromatic carbocycles. The summed E-state index contributed by atoms with van der Waals surface area (Å²) in [6, 6.07) is 7.43. The van der Waals surface area contributed by atoms with Crippen molar-refractivity contribution in [1.29, 1.82) is 0 Å². The number of hydrogen-bond donors (Lipinski definition) is 0. The maximum atomic E-state index is 5.87. The van der Waals surface area contributed by atoms with Crippen LogP contribution in [0.2, 0.25) is 5.02 Å². The van der Waals surface area contributed by atoms with E-state index in [1.54, 1.807) is 18.7 Å². The number of nitrogens with zero attached hydrogens (tertiary/aromatic N) is 2. The second-order valence-electron chi connectivity index (χ2n) is 3.93. The summed E-state index contributed by atoms with van der Waals surface area (Å²) in [6.07, 6.45) is 0.963. The van der Waals surface area contributed by atoms with Gasteiger partial charge >= 0.3 is 0 Å². The van der Waals surface area contributed by atoms with E-state index in [2.05, 4.69) is 10.2 Å². The van der Waals surface area contributed by atoms with Gasteiger partial charge in [0.05, 0.1) is 12.4 Å². The molecule has 0 N–H and O–H groups in total. The Morgan fingerprint density at radius 2 is 2.26 bits per heavy atom. The van der Waals surface area contributed by atoms with Gasteiger partial charge in [-0.1, -0.05) is 17.7 Å². The summed E-state index contributed by atoms with van der Waals surface area (Å²) in [6.45, 7) is 2.47. The minimum Gasteiger partial charge on any atom is -0.494 e. The third-order valence-corrected chi connectivity index (χ3v) is 3.55. The number of halogens is 1. The third kappa shape index (κ3) is 5.12. The zero-order valence-corrected chi connectivity index (χ0v) is 12.2. The van der Waals surface area contributed by atoms with E-state index < -0.39 is 0 Å². The maximum Gasteiger partial charge on any atom is 0.226 e. The SMILES string of the molecule is Cc1nnc(CSCCCOc2cccc(Cl)c2)o1. The monoisotopic (exact) mass is 298 g/mol. The summed E-state index contributed by atoms with van der Waals surface area (Å²) in [5.74, 6) is 3.84. The van der Waals surface area contributed by atoms with Crippen molar-refractivity contribution < 1.29 is 9.15 Å². The Morgan fingerprint density at radius 1 is 1.37 bits per heavy atom. The Balaban J connectivity index is 1.57. The van der Waals surface area contributed by atoms with E-state index in [0.717, 1.165) is 23.7 Å². The van der Waals surface area contributed by atoms with Crippen molar-refractivity contribution in [1.82, 2.24) is 10.2 Å². The lowest BCUT2D eigenvalue weighted by Crippen LogP contribution is -1.98. The molecule has 102 valence electrons. The molecule has 0 radical (unpaired) electrons. The first-order chi connectivity index (χ1) is 9.24. The van der Waals surface area contributed by atoms with Gasteiger partial charge in [-0.2, -0.15) is 11.8 Å². The molecule has 4 nitrogen and oxygen atoms in total. The fourth-order valence-corrected chi connectivity index (χ4v) is 2.40. The Labute approximate surface area is 121 Å². The van der Waals surface area contributed by atoms with E-state index in [0.29, 0.717) is 23.4 Å². The Kier molecular flexibility index (Phi) is 5.54. The predicted octanol–water partition coefficient (Wildman–Crippen LogP) is 3.73. The summed E-state index contributed by atoms with van der Waals surface area (Å²) in [4.78, 5) is 0. The summed E-state index contributed by atoms with van der Waals surface area (Å²) < 4.78 is 10.9. The van der Waals surface area contributed by atoms with Crippen LogP contribution in [0.4, 0.5) is 0 Å². The molecular formula is C13H15ClN2O2S. The van der Waals surface area contributed by atoms with Crippen molar-refractivity contribution in [3.05, 3.63) is 41.1 Å². The zero-order chi connectivity index (χ0) is 13.5. The van der Waals surface area contributed by atoms with Crippen molar-refractivity contribution in [3.8, 4) is 5.75 Å². The largest absolute Gasteiger partial charge is 0.494 e. The molecule has 1 aromatic heterocycles. The topological polar surface area (TPSA) is 48.2 Å². The molecule has 0 saturated heterocycles. The second-order valence-corrected chi connectivity index (χ2v) is 5.47. The zero-order valence-electron chi connectivity index (χ0n) is 10.6. The van der Waals surface area contributed by atoms with Crippen LogP contribution in [0.5, 0.6) is 5.75 Å². The van der Waals surface area contributed by atoms with Crippen LogP contribution < -0.4 is 4.74 Å². The van der Waals surface area contributed by atoms with Gasteiger partial charge in [-0.25, -0.2) is 0 Å². The van der Waals surface area contributed by atoms with E-state index in [4.69, 9.17) is 20.8 Å². The Bertz CT molecular complexity index is 519. The van der Waals surface area contributed by atoms with E-state index in [-0.39, 0.29) is 0 Å². The van der Waals surface area contributed by atoms with E-state index >= 15 is 0 Å². The van der Waals surface area contributed by atoms with Crippen LogP contribution in [0.25, 0.3) is 0 Å². The van der Waals surface area contributed by atoms with E-state index in [1.807, 2.05) is 24.3 Å². The molecule has 0 amide bonds. The first-order valence-electron chi connectivity index (χ1n) is 5.99. The minimum atomic E-state index is 0.611. The maximum absolute atomic E-state index is 5.87. The number of hydrogen-bond acceptors (Lipinski definition) is 5. The normalized spacial score (nSPS) is 10.6. The average Bonchev–Trinajstić information content (AvgIpc) is 2.79. The van der Waals surface area contributed by atoms with Crippen molar-refractivity contribution in [2.24, 2.45) is 0 Å². The lowest BCUT2D eigenvalue weighted by molar-refractivity contribution is 0.318. The van der Waals surface area contributed by atoms with Crippen molar-refractivity contribution in [3.63, 3.8) is 0 Å². The van der Waals surface area contributed by atoms with Crippen LogP contribution in [0, 0.1) is 6.92 Å². The van der Waals surface area contributed by atoms with Gasteiger partial charge in [-0.3, -0.25) is 0 Å². The second kappa shape index (κ2) is 7.40. The number of rotatable bonds is 7. The Hall–Kier alpha value is -1.20. The van der Waals surface area contributed by atoms with Crippen LogP contribution in [0.3, 0.4) is 0 Å². The van der Waals surface area contributed by atoms with Crippen LogP contribution >= 0.6 is 23.4 Å². The van der Waals surface area contributed by atoms with Gasteiger partial charge in [0.2, 0.25) is 11.8 Å². The van der Waals surface area contributed by atoms with Crippen molar-refractivity contribution in [2.45, 2.75) is 19.1 Å². The quantitative estimate of drug-likeness (QED) is 0.729. The highest BCUT2D eigenvalue weighted by molar-refractivity contribution is 7.98. The van der Waals surface area contributed by atoms with E-state index in [9.17, 15) is 0 Å². The number of ether oxygens (including phenoxy) is 1. The molecule has 1 heterocycles. The van der Waals surface area contributed by atoms with E-state index in [1.165, 1.54) is 0 Å². The molecule has 2 rings (SSSR count).